The second-order valence-electron chi connectivity index (χ2n) is 5.16. The van der Waals surface area contributed by atoms with Crippen LogP contribution in [0.3, 0.4) is 0 Å². The van der Waals surface area contributed by atoms with Crippen molar-refractivity contribution in [3.8, 4) is 0 Å². The Kier molecular flexibility index (Phi) is 4.67. The Labute approximate surface area is 115 Å². The third kappa shape index (κ3) is 3.72. The lowest BCUT2D eigenvalue weighted by Gasteiger charge is -2.22. The highest BCUT2D eigenvalue weighted by atomic mass is 35.5. The van der Waals surface area contributed by atoms with Gasteiger partial charge in [0.15, 0.2) is 5.78 Å². The van der Waals surface area contributed by atoms with Crippen molar-refractivity contribution in [3.63, 3.8) is 0 Å². The van der Waals surface area contributed by atoms with E-state index in [0.29, 0.717) is 6.42 Å². The lowest BCUT2D eigenvalue weighted by molar-refractivity contribution is -0.137. The van der Waals surface area contributed by atoms with Crippen molar-refractivity contribution < 1.29 is 18.0 Å². The minimum atomic E-state index is -4.50. The zero-order valence-electron chi connectivity index (χ0n) is 11.1. The number of hydrogen-bond acceptors (Lipinski definition) is 1. The van der Waals surface area contributed by atoms with E-state index >= 15 is 0 Å². The van der Waals surface area contributed by atoms with Crippen LogP contribution in [-0.2, 0) is 6.18 Å². The van der Waals surface area contributed by atoms with Gasteiger partial charge in [-0.1, -0.05) is 44.9 Å². The third-order valence-electron chi connectivity index (χ3n) is 3.03. The Bertz CT molecular complexity index is 478. The zero-order chi connectivity index (χ0) is 14.8. The first-order valence-corrected chi connectivity index (χ1v) is 6.39. The summed E-state index contributed by atoms with van der Waals surface area (Å²) in [6, 6.07) is 3.15. The monoisotopic (exact) mass is 292 g/mol. The lowest BCUT2D eigenvalue weighted by Crippen LogP contribution is -2.24. The van der Waals surface area contributed by atoms with E-state index in [-0.39, 0.29) is 11.3 Å². The van der Waals surface area contributed by atoms with Gasteiger partial charge in [0.2, 0.25) is 0 Å². The highest BCUT2D eigenvalue weighted by Crippen LogP contribution is 2.36. The lowest BCUT2D eigenvalue weighted by atomic mass is 9.80. The molecule has 1 aromatic rings. The Balaban J connectivity index is 3.12. The van der Waals surface area contributed by atoms with Crippen LogP contribution in [0.5, 0.6) is 0 Å². The molecule has 0 unspecified atom stereocenters. The standard InChI is InChI=1S/C14H16ClF3O/c1-4-7-13(2,3)12(19)9-5-6-10(11(15)8-9)14(16,17)18/h5-6,8H,4,7H2,1-3H3. The van der Waals surface area contributed by atoms with Crippen LogP contribution >= 0.6 is 11.6 Å². The number of carbonyl (C=O) groups is 1. The largest absolute Gasteiger partial charge is 0.417 e. The number of benzene rings is 1. The number of hydrogen-bond donors (Lipinski definition) is 0. The van der Waals surface area contributed by atoms with Crippen LogP contribution in [0.4, 0.5) is 13.2 Å². The average Bonchev–Trinajstić information content (AvgIpc) is 2.26. The van der Waals surface area contributed by atoms with E-state index in [9.17, 15) is 18.0 Å². The van der Waals surface area contributed by atoms with E-state index in [2.05, 4.69) is 0 Å². The zero-order valence-corrected chi connectivity index (χ0v) is 11.8. The second-order valence-corrected chi connectivity index (χ2v) is 5.56. The topological polar surface area (TPSA) is 17.1 Å². The predicted octanol–water partition coefficient (Wildman–Crippen LogP) is 5.37. The van der Waals surface area contributed by atoms with Crippen molar-refractivity contribution >= 4 is 17.4 Å². The number of ketones is 1. The molecule has 0 aromatic heterocycles. The molecule has 0 amide bonds. The normalized spacial score (nSPS) is 12.6. The van der Waals surface area contributed by atoms with Gasteiger partial charge in [0.25, 0.3) is 0 Å². The molecule has 19 heavy (non-hydrogen) atoms. The van der Waals surface area contributed by atoms with Crippen molar-refractivity contribution in [3.05, 3.63) is 34.3 Å². The molecular weight excluding hydrogens is 277 g/mol. The summed E-state index contributed by atoms with van der Waals surface area (Å²) in [6.07, 6.45) is -3.00. The molecule has 1 aromatic carbocycles. The van der Waals surface area contributed by atoms with Crippen molar-refractivity contribution in [2.24, 2.45) is 5.41 Å². The van der Waals surface area contributed by atoms with Gasteiger partial charge in [-0.2, -0.15) is 13.2 Å². The molecule has 0 aliphatic heterocycles. The third-order valence-corrected chi connectivity index (χ3v) is 3.34. The van der Waals surface area contributed by atoms with E-state index in [1.54, 1.807) is 13.8 Å². The van der Waals surface area contributed by atoms with E-state index in [1.165, 1.54) is 6.07 Å². The number of rotatable bonds is 4. The van der Waals surface area contributed by atoms with Gasteiger partial charge in [-0.25, -0.2) is 0 Å². The van der Waals surface area contributed by atoms with Crippen LogP contribution in [0.25, 0.3) is 0 Å². The van der Waals surface area contributed by atoms with E-state index in [4.69, 9.17) is 11.6 Å². The van der Waals surface area contributed by atoms with Gasteiger partial charge in [-0.15, -0.1) is 0 Å². The van der Waals surface area contributed by atoms with Crippen LogP contribution in [0, 0.1) is 5.41 Å². The Morgan fingerprint density at radius 1 is 1.26 bits per heavy atom. The Morgan fingerprint density at radius 2 is 1.84 bits per heavy atom. The van der Waals surface area contributed by atoms with Gasteiger partial charge in [0.1, 0.15) is 0 Å². The van der Waals surface area contributed by atoms with Crippen LogP contribution < -0.4 is 0 Å². The van der Waals surface area contributed by atoms with Crippen LogP contribution in [0.1, 0.15) is 49.5 Å². The molecule has 5 heteroatoms. The summed E-state index contributed by atoms with van der Waals surface area (Å²) in [7, 11) is 0. The van der Waals surface area contributed by atoms with Crippen molar-refractivity contribution in [1.82, 2.24) is 0 Å². The number of alkyl halides is 3. The summed E-state index contributed by atoms with van der Waals surface area (Å²) in [5, 5.41) is -0.439. The molecule has 0 aliphatic rings. The summed E-state index contributed by atoms with van der Waals surface area (Å²) < 4.78 is 37.7. The fourth-order valence-electron chi connectivity index (χ4n) is 2.02. The van der Waals surface area contributed by atoms with Gasteiger partial charge < -0.3 is 0 Å². The molecule has 0 fully saturated rings. The summed E-state index contributed by atoms with van der Waals surface area (Å²) in [6.45, 7) is 5.52. The van der Waals surface area contributed by atoms with Crippen LogP contribution in [-0.4, -0.2) is 5.78 Å². The van der Waals surface area contributed by atoms with Gasteiger partial charge in [0, 0.05) is 11.0 Å². The number of carbonyl (C=O) groups excluding carboxylic acids is 1. The highest BCUT2D eigenvalue weighted by Gasteiger charge is 2.34. The van der Waals surface area contributed by atoms with Gasteiger partial charge in [0.05, 0.1) is 10.6 Å². The van der Waals surface area contributed by atoms with Crippen LogP contribution in [0.15, 0.2) is 18.2 Å². The smallest absolute Gasteiger partial charge is 0.294 e. The molecule has 1 nitrogen and oxygen atoms in total. The average molecular weight is 293 g/mol. The predicted molar refractivity (Wildman–Crippen MR) is 69.5 cm³/mol. The first-order valence-electron chi connectivity index (χ1n) is 6.01. The number of halogens is 4. The molecule has 0 saturated carbocycles. The summed E-state index contributed by atoms with van der Waals surface area (Å²) in [5.41, 5.74) is -1.30. The maximum Gasteiger partial charge on any atom is 0.417 e. The van der Waals surface area contributed by atoms with E-state index < -0.39 is 22.2 Å². The van der Waals surface area contributed by atoms with E-state index in [0.717, 1.165) is 18.6 Å². The summed E-state index contributed by atoms with van der Waals surface area (Å²) in [5.74, 6) is -0.190. The maximum absolute atomic E-state index is 12.6. The molecule has 0 bridgehead atoms. The molecule has 106 valence electrons. The minimum absolute atomic E-state index is 0.190. The maximum atomic E-state index is 12.6. The SMILES string of the molecule is CCCC(C)(C)C(=O)c1ccc(C(F)(F)F)c(Cl)c1. The fraction of sp³-hybridized carbons (Fsp3) is 0.500. The molecule has 1 rings (SSSR count). The summed E-state index contributed by atoms with van der Waals surface area (Å²) >= 11 is 5.61. The fourth-order valence-corrected chi connectivity index (χ4v) is 2.30. The van der Waals surface area contributed by atoms with Gasteiger partial charge >= 0.3 is 6.18 Å². The molecule has 0 aliphatic carbocycles. The molecular formula is C14H16ClF3O. The summed E-state index contributed by atoms with van der Waals surface area (Å²) in [4.78, 5) is 12.2. The van der Waals surface area contributed by atoms with Crippen LogP contribution in [0.2, 0.25) is 5.02 Å². The second kappa shape index (κ2) is 5.53. The quantitative estimate of drug-likeness (QED) is 0.682. The highest BCUT2D eigenvalue weighted by molar-refractivity contribution is 6.31. The molecule has 0 saturated heterocycles. The van der Waals surface area contributed by atoms with Gasteiger partial charge in [-0.3, -0.25) is 4.79 Å². The first kappa shape index (κ1) is 16.0. The van der Waals surface area contributed by atoms with Gasteiger partial charge in [-0.05, 0) is 18.6 Å². The first-order chi connectivity index (χ1) is 8.59. The molecule has 0 atom stereocenters. The molecule has 0 N–H and O–H groups in total. The Morgan fingerprint density at radius 3 is 2.26 bits per heavy atom. The molecule has 0 radical (unpaired) electrons. The number of Topliss-reactive ketones (excluding diaryl/α,β-unsaturated/α-hetero) is 1. The van der Waals surface area contributed by atoms with Crippen molar-refractivity contribution in [2.45, 2.75) is 39.8 Å². The molecule has 0 heterocycles. The van der Waals surface area contributed by atoms with Crippen molar-refractivity contribution in [1.29, 1.82) is 0 Å². The van der Waals surface area contributed by atoms with Crippen molar-refractivity contribution in [2.75, 3.05) is 0 Å². The van der Waals surface area contributed by atoms with E-state index in [1.807, 2.05) is 6.92 Å². The molecule has 0 spiro atoms. The Hall–Kier alpha value is -1.03. The minimum Gasteiger partial charge on any atom is -0.294 e.